The number of fused-ring (bicyclic) bond motifs is 1. The molecule has 0 fully saturated rings. The number of nitrogens with one attached hydrogen (secondary N) is 1. The van der Waals surface area contributed by atoms with Crippen LogP contribution >= 0.6 is 0 Å². The number of hydrogen-bond acceptors (Lipinski definition) is 3. The van der Waals surface area contributed by atoms with Crippen molar-refractivity contribution in [3.05, 3.63) is 53.1 Å². The smallest absolute Gasteiger partial charge is 0.256 e. The Balaban J connectivity index is 2.03. The average molecular weight is 326 g/mol. The minimum atomic E-state index is -0.328. The van der Waals surface area contributed by atoms with Crippen molar-refractivity contribution in [1.29, 1.82) is 0 Å². The molecule has 0 atom stereocenters. The second-order valence-electron chi connectivity index (χ2n) is 6.14. The Bertz CT molecular complexity index is 930. The van der Waals surface area contributed by atoms with Gasteiger partial charge in [-0.25, -0.2) is 14.1 Å². The van der Waals surface area contributed by atoms with E-state index in [-0.39, 0.29) is 17.8 Å². The molecule has 24 heavy (non-hydrogen) atoms. The molecule has 2 aromatic heterocycles. The van der Waals surface area contributed by atoms with Gasteiger partial charge in [-0.1, -0.05) is 0 Å². The summed E-state index contributed by atoms with van der Waals surface area (Å²) >= 11 is 0. The second kappa shape index (κ2) is 6.03. The highest BCUT2D eigenvalue weighted by molar-refractivity contribution is 6.12. The van der Waals surface area contributed by atoms with E-state index in [1.54, 1.807) is 29.9 Å². The Kier molecular flexibility index (Phi) is 4.05. The molecule has 0 spiro atoms. The van der Waals surface area contributed by atoms with Crippen LogP contribution in [0, 0.1) is 19.7 Å². The van der Waals surface area contributed by atoms with Gasteiger partial charge < -0.3 is 5.32 Å². The van der Waals surface area contributed by atoms with E-state index in [1.165, 1.54) is 12.1 Å². The fraction of sp³-hybridized carbons (Fsp3) is 0.278. The van der Waals surface area contributed by atoms with Gasteiger partial charge in [-0.15, -0.1) is 0 Å². The van der Waals surface area contributed by atoms with Gasteiger partial charge in [-0.3, -0.25) is 4.79 Å². The third kappa shape index (κ3) is 2.87. The molecule has 6 heteroatoms. The molecule has 3 aromatic rings. The van der Waals surface area contributed by atoms with E-state index >= 15 is 0 Å². The first-order chi connectivity index (χ1) is 11.4. The lowest BCUT2D eigenvalue weighted by molar-refractivity contribution is 0.102. The van der Waals surface area contributed by atoms with Gasteiger partial charge in [0.2, 0.25) is 0 Å². The van der Waals surface area contributed by atoms with E-state index < -0.39 is 0 Å². The van der Waals surface area contributed by atoms with Crippen molar-refractivity contribution in [2.75, 3.05) is 5.32 Å². The maximum atomic E-state index is 13.2. The Labute approximate surface area is 139 Å². The molecular formula is C18H19FN4O. The van der Waals surface area contributed by atoms with Crippen molar-refractivity contribution < 1.29 is 9.18 Å². The third-order valence-corrected chi connectivity index (χ3v) is 3.87. The Morgan fingerprint density at radius 3 is 2.67 bits per heavy atom. The van der Waals surface area contributed by atoms with E-state index in [4.69, 9.17) is 0 Å². The van der Waals surface area contributed by atoms with E-state index in [2.05, 4.69) is 15.4 Å². The lowest BCUT2D eigenvalue weighted by atomic mass is 10.1. The first-order valence-electron chi connectivity index (χ1n) is 7.79. The maximum absolute atomic E-state index is 13.2. The van der Waals surface area contributed by atoms with Crippen LogP contribution in [0.4, 0.5) is 10.1 Å². The average Bonchev–Trinajstić information content (AvgIpc) is 2.92. The molecule has 0 bridgehead atoms. The standard InChI is InChI=1S/C18H19FN4O/c1-10(2)23-17-15(9-20-23)14(8-12(4)21-17)18(24)22-16-6-5-13(19)7-11(16)3/h5-10H,1-4H3,(H,22,24). The normalized spacial score (nSPS) is 11.2. The highest BCUT2D eigenvalue weighted by atomic mass is 19.1. The van der Waals surface area contributed by atoms with Crippen LogP contribution in [0.2, 0.25) is 0 Å². The molecule has 3 rings (SSSR count). The third-order valence-electron chi connectivity index (χ3n) is 3.87. The number of aromatic nitrogens is 3. The predicted octanol–water partition coefficient (Wildman–Crippen LogP) is 4.02. The van der Waals surface area contributed by atoms with Crippen LogP contribution in [-0.2, 0) is 0 Å². The number of nitrogens with zero attached hydrogens (tertiary/aromatic N) is 3. The van der Waals surface area contributed by atoms with E-state index in [0.29, 0.717) is 27.8 Å². The van der Waals surface area contributed by atoms with Crippen molar-refractivity contribution in [3.8, 4) is 0 Å². The lowest BCUT2D eigenvalue weighted by Crippen LogP contribution is -2.14. The molecule has 124 valence electrons. The fourth-order valence-corrected chi connectivity index (χ4v) is 2.67. The number of amides is 1. The Morgan fingerprint density at radius 1 is 1.25 bits per heavy atom. The SMILES string of the molecule is Cc1cc(C(=O)Nc2ccc(F)cc2C)c2cnn(C(C)C)c2n1. The number of halogens is 1. The lowest BCUT2D eigenvalue weighted by Gasteiger charge is -2.11. The van der Waals surface area contributed by atoms with Crippen molar-refractivity contribution >= 4 is 22.6 Å². The molecule has 0 saturated heterocycles. The zero-order valence-electron chi connectivity index (χ0n) is 14.1. The summed E-state index contributed by atoms with van der Waals surface area (Å²) in [6.45, 7) is 7.62. The van der Waals surface area contributed by atoms with Gasteiger partial charge >= 0.3 is 0 Å². The molecule has 0 aliphatic carbocycles. The molecule has 0 unspecified atom stereocenters. The van der Waals surface area contributed by atoms with Crippen LogP contribution in [0.25, 0.3) is 11.0 Å². The molecule has 1 N–H and O–H groups in total. The van der Waals surface area contributed by atoms with E-state index in [0.717, 1.165) is 5.69 Å². The molecule has 1 amide bonds. The van der Waals surface area contributed by atoms with Gasteiger partial charge in [0.1, 0.15) is 5.82 Å². The topological polar surface area (TPSA) is 59.8 Å². The number of pyridine rings is 1. The summed E-state index contributed by atoms with van der Waals surface area (Å²) in [4.78, 5) is 17.2. The highest BCUT2D eigenvalue weighted by Crippen LogP contribution is 2.23. The second-order valence-corrected chi connectivity index (χ2v) is 6.14. The summed E-state index contributed by atoms with van der Waals surface area (Å²) in [6.07, 6.45) is 1.66. The van der Waals surface area contributed by atoms with E-state index in [9.17, 15) is 9.18 Å². The number of rotatable bonds is 3. The van der Waals surface area contributed by atoms with Crippen LogP contribution in [0.5, 0.6) is 0 Å². The largest absolute Gasteiger partial charge is 0.322 e. The number of aryl methyl sites for hydroxylation is 2. The van der Waals surface area contributed by atoms with Crippen LogP contribution in [0.3, 0.4) is 0 Å². The van der Waals surface area contributed by atoms with Gasteiger partial charge in [-0.05, 0) is 57.5 Å². The molecule has 0 aliphatic heterocycles. The molecule has 1 aromatic carbocycles. The van der Waals surface area contributed by atoms with Crippen molar-refractivity contribution in [2.45, 2.75) is 33.7 Å². The minimum absolute atomic E-state index is 0.145. The summed E-state index contributed by atoms with van der Waals surface area (Å²) in [5.41, 5.74) is 3.19. The number of carbonyl (C=O) groups excluding carboxylic acids is 1. The number of carbonyl (C=O) groups is 1. The van der Waals surface area contributed by atoms with Gasteiger partial charge in [0.25, 0.3) is 5.91 Å². The molecule has 0 saturated carbocycles. The van der Waals surface area contributed by atoms with Crippen LogP contribution in [-0.4, -0.2) is 20.7 Å². The number of anilines is 1. The van der Waals surface area contributed by atoms with Gasteiger partial charge in [0, 0.05) is 17.4 Å². The van der Waals surface area contributed by atoms with Gasteiger partial charge in [0.15, 0.2) is 5.65 Å². The van der Waals surface area contributed by atoms with Gasteiger partial charge in [-0.2, -0.15) is 5.10 Å². The van der Waals surface area contributed by atoms with Crippen molar-refractivity contribution in [1.82, 2.24) is 14.8 Å². The Morgan fingerprint density at radius 2 is 2.00 bits per heavy atom. The van der Waals surface area contributed by atoms with Crippen molar-refractivity contribution in [2.24, 2.45) is 0 Å². The summed E-state index contributed by atoms with van der Waals surface area (Å²) in [5.74, 6) is -0.589. The first kappa shape index (κ1) is 16.1. The Hall–Kier alpha value is -2.76. The summed E-state index contributed by atoms with van der Waals surface area (Å²) in [5, 5.41) is 7.88. The zero-order valence-corrected chi connectivity index (χ0v) is 14.1. The first-order valence-corrected chi connectivity index (χ1v) is 7.79. The maximum Gasteiger partial charge on any atom is 0.256 e. The summed E-state index contributed by atoms with van der Waals surface area (Å²) < 4.78 is 15.0. The minimum Gasteiger partial charge on any atom is -0.322 e. The summed E-state index contributed by atoms with van der Waals surface area (Å²) in [7, 11) is 0. The molecule has 2 heterocycles. The fourth-order valence-electron chi connectivity index (χ4n) is 2.67. The quantitative estimate of drug-likeness (QED) is 0.791. The van der Waals surface area contributed by atoms with E-state index in [1.807, 2.05) is 20.8 Å². The van der Waals surface area contributed by atoms with Crippen LogP contribution < -0.4 is 5.32 Å². The molecular weight excluding hydrogens is 307 g/mol. The van der Waals surface area contributed by atoms with Gasteiger partial charge in [0.05, 0.1) is 17.1 Å². The van der Waals surface area contributed by atoms with Crippen LogP contribution in [0.15, 0.2) is 30.5 Å². The highest BCUT2D eigenvalue weighted by Gasteiger charge is 2.17. The van der Waals surface area contributed by atoms with Crippen LogP contribution in [0.1, 0.15) is 41.5 Å². The molecule has 5 nitrogen and oxygen atoms in total. The number of hydrogen-bond donors (Lipinski definition) is 1. The zero-order chi connectivity index (χ0) is 17.4. The monoisotopic (exact) mass is 326 g/mol. The predicted molar refractivity (Wildman–Crippen MR) is 91.7 cm³/mol. The number of benzene rings is 1. The summed E-state index contributed by atoms with van der Waals surface area (Å²) in [6, 6.07) is 6.16. The molecule has 0 aliphatic rings. The van der Waals surface area contributed by atoms with Crippen molar-refractivity contribution in [3.63, 3.8) is 0 Å². The molecule has 0 radical (unpaired) electrons.